The molecule has 1 fully saturated rings. The molecule has 33 heavy (non-hydrogen) atoms. The lowest BCUT2D eigenvalue weighted by Gasteiger charge is -2.32. The maximum absolute atomic E-state index is 13.1. The lowest BCUT2D eigenvalue weighted by molar-refractivity contribution is -0.131. The summed E-state index contributed by atoms with van der Waals surface area (Å²) in [4.78, 5) is 19.6. The van der Waals surface area contributed by atoms with Crippen molar-refractivity contribution < 1.29 is 9.18 Å². The SMILES string of the molecule is O=C(Cc1ccccc1)N1CCCC(c2ccc3c(NCc4ccc(F)cc4)n[nH]c3n2)C1. The number of hydrogen-bond acceptors (Lipinski definition) is 4. The fourth-order valence-corrected chi connectivity index (χ4v) is 4.40. The number of benzene rings is 2. The highest BCUT2D eigenvalue weighted by molar-refractivity contribution is 5.87. The quantitative estimate of drug-likeness (QED) is 0.455. The molecular weight excluding hydrogens is 417 g/mol. The average molecular weight is 444 g/mol. The number of halogens is 1. The molecule has 1 aliphatic rings. The summed E-state index contributed by atoms with van der Waals surface area (Å²) in [7, 11) is 0. The lowest BCUT2D eigenvalue weighted by Crippen LogP contribution is -2.40. The Hall–Kier alpha value is -3.74. The first-order chi connectivity index (χ1) is 16.2. The number of nitrogens with one attached hydrogen (secondary N) is 2. The minimum Gasteiger partial charge on any atom is -0.364 e. The third-order valence-corrected chi connectivity index (χ3v) is 6.21. The van der Waals surface area contributed by atoms with Crippen molar-refractivity contribution in [3.63, 3.8) is 0 Å². The van der Waals surface area contributed by atoms with Crippen LogP contribution in [0.25, 0.3) is 11.0 Å². The molecule has 0 bridgehead atoms. The van der Waals surface area contributed by atoms with Crippen LogP contribution >= 0.6 is 0 Å². The molecule has 4 aromatic rings. The molecule has 2 aromatic heterocycles. The summed E-state index contributed by atoms with van der Waals surface area (Å²) in [5.74, 6) is 0.850. The van der Waals surface area contributed by atoms with Crippen LogP contribution < -0.4 is 5.32 Å². The van der Waals surface area contributed by atoms with Gasteiger partial charge in [-0.15, -0.1) is 0 Å². The highest BCUT2D eigenvalue weighted by Gasteiger charge is 2.26. The van der Waals surface area contributed by atoms with Gasteiger partial charge in [0.1, 0.15) is 5.82 Å². The standard InChI is InChI=1S/C26H26FN5O/c27-21-10-8-19(9-11-21)16-28-25-22-12-13-23(29-26(22)31-30-25)20-7-4-14-32(17-20)24(33)15-18-5-2-1-3-6-18/h1-3,5-6,8-13,20H,4,7,14-17H2,(H2,28,29,30,31). The van der Waals surface area contributed by atoms with E-state index >= 15 is 0 Å². The van der Waals surface area contributed by atoms with Gasteiger partial charge in [-0.2, -0.15) is 5.10 Å². The Morgan fingerprint density at radius 1 is 1.06 bits per heavy atom. The van der Waals surface area contributed by atoms with Crippen molar-refractivity contribution in [3.05, 3.63) is 89.4 Å². The number of pyridine rings is 1. The number of carbonyl (C=O) groups excluding carboxylic acids is 1. The molecule has 0 saturated carbocycles. The van der Waals surface area contributed by atoms with E-state index in [0.717, 1.165) is 53.1 Å². The van der Waals surface area contributed by atoms with Gasteiger partial charge in [-0.25, -0.2) is 9.37 Å². The highest BCUT2D eigenvalue weighted by atomic mass is 19.1. The number of likely N-dealkylation sites (tertiary alicyclic amines) is 1. The Kier molecular flexibility index (Phi) is 6.02. The summed E-state index contributed by atoms with van der Waals surface area (Å²) in [6.45, 7) is 2.03. The van der Waals surface area contributed by atoms with Crippen LogP contribution in [0.3, 0.4) is 0 Å². The highest BCUT2D eigenvalue weighted by Crippen LogP contribution is 2.29. The van der Waals surface area contributed by atoms with Crippen LogP contribution in [-0.4, -0.2) is 39.1 Å². The molecule has 1 amide bonds. The number of aromatic amines is 1. The number of hydrogen-bond donors (Lipinski definition) is 2. The third-order valence-electron chi connectivity index (χ3n) is 6.21. The zero-order valence-corrected chi connectivity index (χ0v) is 18.3. The Bertz CT molecular complexity index is 1240. The summed E-state index contributed by atoms with van der Waals surface area (Å²) in [6.07, 6.45) is 2.42. The van der Waals surface area contributed by atoms with Crippen LogP contribution in [0.5, 0.6) is 0 Å². The lowest BCUT2D eigenvalue weighted by atomic mass is 9.93. The zero-order chi connectivity index (χ0) is 22.6. The monoisotopic (exact) mass is 443 g/mol. The molecule has 1 unspecified atom stereocenters. The van der Waals surface area contributed by atoms with E-state index in [1.807, 2.05) is 47.4 Å². The van der Waals surface area contributed by atoms with Crippen LogP contribution in [0, 0.1) is 5.82 Å². The second kappa shape index (κ2) is 9.40. The van der Waals surface area contributed by atoms with E-state index in [1.165, 1.54) is 12.1 Å². The Morgan fingerprint density at radius 2 is 1.88 bits per heavy atom. The van der Waals surface area contributed by atoms with Crippen molar-refractivity contribution in [2.45, 2.75) is 31.7 Å². The summed E-state index contributed by atoms with van der Waals surface area (Å²) in [6, 6.07) is 20.4. The first kappa shape index (κ1) is 21.1. The number of aromatic nitrogens is 3. The van der Waals surface area contributed by atoms with Gasteiger partial charge in [0.2, 0.25) is 5.91 Å². The van der Waals surface area contributed by atoms with Gasteiger partial charge < -0.3 is 10.2 Å². The number of piperidine rings is 1. The summed E-state index contributed by atoms with van der Waals surface area (Å²) in [5, 5.41) is 11.6. The molecule has 1 atom stereocenters. The molecule has 0 aliphatic carbocycles. The zero-order valence-electron chi connectivity index (χ0n) is 18.3. The number of H-pyrrole nitrogens is 1. The maximum atomic E-state index is 13.1. The smallest absolute Gasteiger partial charge is 0.227 e. The molecule has 2 N–H and O–H groups in total. The summed E-state index contributed by atoms with van der Waals surface area (Å²) < 4.78 is 13.1. The van der Waals surface area contributed by atoms with Gasteiger partial charge in [-0.05, 0) is 48.2 Å². The van der Waals surface area contributed by atoms with Gasteiger partial charge in [0.25, 0.3) is 0 Å². The third kappa shape index (κ3) is 4.87. The molecule has 3 heterocycles. The predicted octanol–water partition coefficient (Wildman–Crippen LogP) is 4.66. The van der Waals surface area contributed by atoms with E-state index in [2.05, 4.69) is 15.5 Å². The van der Waals surface area contributed by atoms with Crippen molar-refractivity contribution >= 4 is 22.8 Å². The van der Waals surface area contributed by atoms with Crippen LogP contribution in [0.4, 0.5) is 10.2 Å². The molecule has 6 nitrogen and oxygen atoms in total. The van der Waals surface area contributed by atoms with Gasteiger partial charge >= 0.3 is 0 Å². The number of fused-ring (bicyclic) bond motifs is 1. The minimum atomic E-state index is -0.247. The number of carbonyl (C=O) groups is 1. The van der Waals surface area contributed by atoms with Crippen molar-refractivity contribution in [1.82, 2.24) is 20.1 Å². The van der Waals surface area contributed by atoms with Crippen molar-refractivity contribution in [2.75, 3.05) is 18.4 Å². The van der Waals surface area contributed by atoms with Crippen molar-refractivity contribution in [3.8, 4) is 0 Å². The van der Waals surface area contributed by atoms with Crippen LogP contribution in [0.1, 0.15) is 35.6 Å². The first-order valence-corrected chi connectivity index (χ1v) is 11.3. The number of anilines is 1. The number of amides is 1. The molecule has 0 spiro atoms. The Labute approximate surface area is 191 Å². The second-order valence-electron chi connectivity index (χ2n) is 8.53. The molecule has 1 saturated heterocycles. The largest absolute Gasteiger partial charge is 0.364 e. The van der Waals surface area contributed by atoms with Gasteiger partial charge in [-0.3, -0.25) is 9.89 Å². The van der Waals surface area contributed by atoms with Crippen molar-refractivity contribution in [2.24, 2.45) is 0 Å². The number of rotatable bonds is 6. The van der Waals surface area contributed by atoms with E-state index in [9.17, 15) is 9.18 Å². The fourth-order valence-electron chi connectivity index (χ4n) is 4.40. The van der Waals surface area contributed by atoms with Gasteiger partial charge in [-0.1, -0.05) is 42.5 Å². The molecular formula is C26H26FN5O. The molecule has 1 aliphatic heterocycles. The Morgan fingerprint density at radius 3 is 2.70 bits per heavy atom. The minimum absolute atomic E-state index is 0.167. The van der Waals surface area contributed by atoms with E-state index in [-0.39, 0.29) is 17.6 Å². The van der Waals surface area contributed by atoms with Crippen LogP contribution in [0.2, 0.25) is 0 Å². The van der Waals surface area contributed by atoms with E-state index in [4.69, 9.17) is 4.98 Å². The summed E-state index contributed by atoms with van der Waals surface area (Å²) in [5.41, 5.74) is 3.72. The van der Waals surface area contributed by atoms with E-state index in [0.29, 0.717) is 19.5 Å². The van der Waals surface area contributed by atoms with Crippen LogP contribution in [0.15, 0.2) is 66.7 Å². The first-order valence-electron chi connectivity index (χ1n) is 11.3. The predicted molar refractivity (Wildman–Crippen MR) is 126 cm³/mol. The maximum Gasteiger partial charge on any atom is 0.227 e. The van der Waals surface area contributed by atoms with Gasteiger partial charge in [0.15, 0.2) is 11.5 Å². The molecule has 7 heteroatoms. The molecule has 0 radical (unpaired) electrons. The van der Waals surface area contributed by atoms with Crippen LogP contribution in [-0.2, 0) is 17.8 Å². The fraction of sp³-hybridized carbons (Fsp3) is 0.269. The molecule has 2 aromatic carbocycles. The van der Waals surface area contributed by atoms with Gasteiger partial charge in [0.05, 0.1) is 11.8 Å². The van der Waals surface area contributed by atoms with Gasteiger partial charge in [0, 0.05) is 31.2 Å². The summed E-state index contributed by atoms with van der Waals surface area (Å²) >= 11 is 0. The Balaban J connectivity index is 1.25. The molecule has 5 rings (SSSR count). The normalized spacial score (nSPS) is 16.2. The number of nitrogens with zero attached hydrogens (tertiary/aromatic N) is 3. The topological polar surface area (TPSA) is 73.9 Å². The van der Waals surface area contributed by atoms with E-state index in [1.54, 1.807) is 12.1 Å². The van der Waals surface area contributed by atoms with Crippen molar-refractivity contribution in [1.29, 1.82) is 0 Å². The molecule has 168 valence electrons. The van der Waals surface area contributed by atoms with E-state index < -0.39 is 0 Å². The average Bonchev–Trinajstić information content (AvgIpc) is 3.26. The second-order valence-corrected chi connectivity index (χ2v) is 8.53.